The molecule has 0 bridgehead atoms. The van der Waals surface area contributed by atoms with Gasteiger partial charge in [0.15, 0.2) is 5.78 Å². The van der Waals surface area contributed by atoms with Crippen LogP contribution in [0.5, 0.6) is 0 Å². The minimum absolute atomic E-state index is 0.0197. The summed E-state index contributed by atoms with van der Waals surface area (Å²) >= 11 is 0. The molecular weight excluding hydrogens is 886 g/mol. The van der Waals surface area contributed by atoms with Crippen molar-refractivity contribution in [2.45, 2.75) is 110 Å². The fourth-order valence-electron chi connectivity index (χ4n) is 7.85. The fraction of sp³-hybridized carbons (Fsp3) is 0.500. The van der Waals surface area contributed by atoms with E-state index >= 15 is 4.39 Å². The third-order valence-corrected chi connectivity index (χ3v) is 11.4. The van der Waals surface area contributed by atoms with Crippen LogP contribution in [0.25, 0.3) is 11.3 Å². The highest BCUT2D eigenvalue weighted by atomic mass is 19.1. The molecule has 20 heteroatoms. The lowest BCUT2D eigenvalue weighted by Crippen LogP contribution is -2.55. The summed E-state index contributed by atoms with van der Waals surface area (Å²) in [5.74, 6) is -4.39. The Morgan fingerprint density at radius 3 is 2.19 bits per heavy atom. The Morgan fingerprint density at radius 1 is 0.868 bits per heavy atom. The van der Waals surface area contributed by atoms with Gasteiger partial charge in [0.1, 0.15) is 36.2 Å². The molecule has 4 rings (SSSR count). The van der Waals surface area contributed by atoms with Crippen LogP contribution in [0.15, 0.2) is 66.9 Å². The maximum atomic E-state index is 15.1. The van der Waals surface area contributed by atoms with E-state index in [0.29, 0.717) is 25.1 Å². The molecular formula is C48H65F3N10O7. The Bertz CT molecular complexity index is 2250. The van der Waals surface area contributed by atoms with Gasteiger partial charge in [-0.3, -0.25) is 38.6 Å². The number of imidazole rings is 1. The van der Waals surface area contributed by atoms with Crippen LogP contribution in [0.1, 0.15) is 97.0 Å². The maximum absolute atomic E-state index is 15.1. The van der Waals surface area contributed by atoms with Gasteiger partial charge < -0.3 is 37.3 Å². The first-order valence-corrected chi connectivity index (χ1v) is 22.8. The first kappa shape index (κ1) is 54.2. The van der Waals surface area contributed by atoms with Crippen molar-refractivity contribution in [3.05, 3.63) is 89.9 Å². The van der Waals surface area contributed by atoms with E-state index < -0.39 is 90.0 Å². The van der Waals surface area contributed by atoms with E-state index in [0.717, 1.165) is 28.7 Å². The number of benzene rings is 2. The lowest BCUT2D eigenvalue weighted by atomic mass is 9.84. The molecule has 0 radical (unpaired) electrons. The Morgan fingerprint density at radius 2 is 1.56 bits per heavy atom. The van der Waals surface area contributed by atoms with Crippen molar-refractivity contribution in [3.63, 3.8) is 0 Å². The summed E-state index contributed by atoms with van der Waals surface area (Å²) in [7, 11) is 0. The number of nitrogens with zero attached hydrogens (tertiary/aromatic N) is 4. The summed E-state index contributed by atoms with van der Waals surface area (Å²) < 4.78 is 46.0. The lowest BCUT2D eigenvalue weighted by molar-refractivity contribution is -0.137. The molecule has 1 aliphatic rings. The molecule has 0 aliphatic carbocycles. The molecule has 2 heterocycles. The molecule has 2 unspecified atom stereocenters. The Hall–Kier alpha value is -6.41. The summed E-state index contributed by atoms with van der Waals surface area (Å²) in [5, 5.41) is 10.4. The third-order valence-electron chi connectivity index (χ3n) is 11.4. The number of hydrogen-bond acceptors (Lipinski definition) is 10. The number of primary amides is 1. The third kappa shape index (κ3) is 16.1. The molecule has 4 atom stereocenters. The monoisotopic (exact) mass is 950 g/mol. The number of unbranched alkanes of at least 4 members (excludes halogenated alkanes) is 2. The van der Waals surface area contributed by atoms with E-state index in [2.05, 4.69) is 21.3 Å². The van der Waals surface area contributed by atoms with E-state index in [1.54, 1.807) is 29.5 Å². The van der Waals surface area contributed by atoms with Gasteiger partial charge in [-0.15, -0.1) is 0 Å². The standard InChI is InChI=1S/C48H65F3N10O7/c1-30(2)42(58-39(63)16-10-7-11-23-61-40(64)19-20-41(61)65)46(67)57-36(15-12-22-54-47(53)68)45(66)55-27-33(62)21-24-60(38(52)26-49)43(48(3,4)5)44-56-37(34-25-32(50)17-18-35(34)51)29-59(44)28-31-13-8-6-9-14-31/h6,8-9,13-14,17-20,25,29-30,36,38,42-43H,7,10-12,15-16,21-24,26-28,52H2,1-5H3,(H,55,66)(H,57,67)(H,58,63)(H3,53,54,68)/t36?,38-,42?,43-/m0/s1. The van der Waals surface area contributed by atoms with Gasteiger partial charge in [-0.25, -0.2) is 22.9 Å². The van der Waals surface area contributed by atoms with Gasteiger partial charge in [-0.2, -0.15) is 0 Å². The van der Waals surface area contributed by atoms with Crippen LogP contribution in [-0.2, 0) is 35.3 Å². The highest BCUT2D eigenvalue weighted by molar-refractivity contribution is 6.12. The van der Waals surface area contributed by atoms with Crippen LogP contribution >= 0.6 is 0 Å². The zero-order chi connectivity index (χ0) is 50.1. The quantitative estimate of drug-likeness (QED) is 0.0362. The highest BCUT2D eigenvalue weighted by Gasteiger charge is 2.39. The van der Waals surface area contributed by atoms with E-state index in [-0.39, 0.29) is 74.9 Å². The van der Waals surface area contributed by atoms with E-state index in [4.69, 9.17) is 16.5 Å². The van der Waals surface area contributed by atoms with Crippen LogP contribution in [0.4, 0.5) is 18.0 Å². The molecule has 1 aliphatic heterocycles. The summed E-state index contributed by atoms with van der Waals surface area (Å²) in [4.78, 5) is 96.2. The van der Waals surface area contributed by atoms with E-state index in [1.807, 2.05) is 51.1 Å². The lowest BCUT2D eigenvalue weighted by Gasteiger charge is -2.42. The number of alkyl halides is 1. The molecule has 0 spiro atoms. The predicted octanol–water partition coefficient (Wildman–Crippen LogP) is 4.16. The number of urea groups is 1. The van der Waals surface area contributed by atoms with Crippen molar-refractivity contribution in [1.29, 1.82) is 0 Å². The van der Waals surface area contributed by atoms with Crippen LogP contribution in [0, 0.1) is 23.0 Å². The average molecular weight is 951 g/mol. The number of carbonyl (C=O) groups excluding carboxylic acids is 7. The van der Waals surface area contributed by atoms with Crippen molar-refractivity contribution in [2.24, 2.45) is 22.8 Å². The van der Waals surface area contributed by atoms with Gasteiger partial charge in [0.05, 0.1) is 24.4 Å². The van der Waals surface area contributed by atoms with Gasteiger partial charge in [-0.1, -0.05) is 71.4 Å². The van der Waals surface area contributed by atoms with Crippen molar-refractivity contribution in [2.75, 3.05) is 32.9 Å². The number of halogens is 3. The van der Waals surface area contributed by atoms with Crippen molar-refractivity contribution < 1.29 is 46.7 Å². The molecule has 0 fully saturated rings. The maximum Gasteiger partial charge on any atom is 0.312 e. The van der Waals surface area contributed by atoms with Crippen molar-refractivity contribution in [1.82, 2.24) is 40.6 Å². The summed E-state index contributed by atoms with van der Waals surface area (Å²) in [6, 6.07) is 8.62. The molecule has 1 aromatic heterocycles. The first-order valence-electron chi connectivity index (χ1n) is 22.8. The molecule has 3 aromatic rings. The molecule has 8 N–H and O–H groups in total. The van der Waals surface area contributed by atoms with Gasteiger partial charge in [0.2, 0.25) is 17.7 Å². The van der Waals surface area contributed by atoms with Gasteiger partial charge in [-0.05, 0) is 60.8 Å². The Labute approximate surface area is 395 Å². The zero-order valence-electron chi connectivity index (χ0n) is 39.4. The number of aromatic nitrogens is 2. The van der Waals surface area contributed by atoms with Crippen LogP contribution in [0.3, 0.4) is 0 Å². The van der Waals surface area contributed by atoms with Gasteiger partial charge in [0, 0.05) is 62.9 Å². The number of ketones is 1. The molecule has 17 nitrogen and oxygen atoms in total. The minimum atomic E-state index is -1.22. The van der Waals surface area contributed by atoms with E-state index in [1.165, 1.54) is 12.2 Å². The molecule has 7 amide bonds. The Kier molecular flexibility index (Phi) is 20.4. The zero-order valence-corrected chi connectivity index (χ0v) is 39.4. The summed E-state index contributed by atoms with van der Waals surface area (Å²) in [6.07, 6.45) is 4.34. The Balaban J connectivity index is 1.45. The van der Waals surface area contributed by atoms with Crippen LogP contribution in [-0.4, -0.2) is 112 Å². The van der Waals surface area contributed by atoms with Crippen LogP contribution < -0.4 is 32.7 Å². The van der Waals surface area contributed by atoms with E-state index in [9.17, 15) is 42.3 Å². The average Bonchev–Trinajstić information content (AvgIpc) is 3.84. The predicted molar refractivity (Wildman–Crippen MR) is 248 cm³/mol. The number of amides is 7. The minimum Gasteiger partial charge on any atom is -0.352 e. The number of carbonyl (C=O) groups is 7. The van der Waals surface area contributed by atoms with Crippen molar-refractivity contribution >= 4 is 41.4 Å². The smallest absolute Gasteiger partial charge is 0.312 e. The second-order valence-electron chi connectivity index (χ2n) is 18.2. The topological polar surface area (TPSA) is 244 Å². The van der Waals surface area contributed by atoms with Crippen molar-refractivity contribution in [3.8, 4) is 11.3 Å². The number of rotatable bonds is 27. The summed E-state index contributed by atoms with van der Waals surface area (Å²) in [6.45, 7) is 8.09. The molecule has 0 saturated heterocycles. The number of nitrogens with two attached hydrogens (primary N) is 2. The SMILES string of the molecule is CC(C)C(NC(=O)CCCCCN1C(=O)C=CC1=O)C(=O)NC(CCCNC(N)=O)C(=O)NCC(=O)CCN([C@H](N)CF)[C@@H](c1nc(-c2cc(F)ccc2F)cn1Cc1ccccc1)C(C)(C)C. The number of imide groups is 1. The van der Waals surface area contributed by atoms with Crippen LogP contribution in [0.2, 0.25) is 0 Å². The van der Waals surface area contributed by atoms with Gasteiger partial charge in [0.25, 0.3) is 11.8 Å². The molecule has 0 saturated carbocycles. The first-order chi connectivity index (χ1) is 32.2. The second-order valence-corrected chi connectivity index (χ2v) is 18.2. The molecule has 2 aromatic carbocycles. The number of hydrogen-bond donors (Lipinski definition) is 6. The highest BCUT2D eigenvalue weighted by Crippen LogP contribution is 2.40. The van der Waals surface area contributed by atoms with Gasteiger partial charge >= 0.3 is 6.03 Å². The molecule has 370 valence electrons. The second kappa shape index (κ2) is 25.6. The fourth-order valence-corrected chi connectivity index (χ4v) is 7.85. The number of Topliss-reactive ketones (excluding diaryl/α,β-unsaturated/α-hetero) is 1. The normalized spacial score (nSPS) is 14.5. The summed E-state index contributed by atoms with van der Waals surface area (Å²) in [5.41, 5.74) is 11.8. The molecule has 68 heavy (non-hydrogen) atoms. The largest absolute Gasteiger partial charge is 0.352 e. The number of nitrogens with one attached hydrogen (secondary N) is 4.